The van der Waals surface area contributed by atoms with Crippen LogP contribution in [0.3, 0.4) is 0 Å². The predicted octanol–water partition coefficient (Wildman–Crippen LogP) is 3.73. The molecule has 0 bridgehead atoms. The molecule has 2 aromatic rings. The smallest absolute Gasteiger partial charge is 0.131 e. The van der Waals surface area contributed by atoms with E-state index >= 15 is 0 Å². The summed E-state index contributed by atoms with van der Waals surface area (Å²) in [6.07, 6.45) is 1.62. The second-order valence-electron chi connectivity index (χ2n) is 4.51. The Balaban J connectivity index is 2.25. The third kappa shape index (κ3) is 2.96. The van der Waals surface area contributed by atoms with E-state index in [1.54, 1.807) is 6.07 Å². The summed E-state index contributed by atoms with van der Waals surface area (Å²) in [4.78, 5) is 0. The molecule has 0 aliphatic heterocycles. The average molecular weight is 244 g/mol. The second kappa shape index (κ2) is 5.78. The lowest BCUT2D eigenvalue weighted by molar-refractivity contribution is 0.288. The largest absolute Gasteiger partial charge is 0.396 e. The number of hydrogen-bond donors (Lipinski definition) is 1. The molecule has 0 aromatic heterocycles. The first-order chi connectivity index (χ1) is 8.70. The molecule has 1 nitrogen and oxygen atoms in total. The summed E-state index contributed by atoms with van der Waals surface area (Å²) in [6.45, 7) is 2.16. The molecule has 0 saturated carbocycles. The van der Waals surface area contributed by atoms with Crippen LogP contribution in [0.25, 0.3) is 11.1 Å². The van der Waals surface area contributed by atoms with E-state index in [0.29, 0.717) is 5.56 Å². The number of aliphatic hydroxyl groups excluding tert-OH is 1. The Labute approximate surface area is 107 Å². The van der Waals surface area contributed by atoms with Gasteiger partial charge in [-0.3, -0.25) is 0 Å². The first kappa shape index (κ1) is 12.8. The van der Waals surface area contributed by atoms with Crippen molar-refractivity contribution >= 4 is 0 Å². The Kier molecular flexibility index (Phi) is 4.11. The molecule has 0 heterocycles. The first-order valence-corrected chi connectivity index (χ1v) is 6.17. The summed E-state index contributed by atoms with van der Waals surface area (Å²) < 4.78 is 13.7. The zero-order valence-corrected chi connectivity index (χ0v) is 10.5. The van der Waals surface area contributed by atoms with E-state index in [-0.39, 0.29) is 12.4 Å². The molecule has 1 N–H and O–H groups in total. The Hall–Kier alpha value is -1.67. The van der Waals surface area contributed by atoms with Gasteiger partial charge in [0.05, 0.1) is 0 Å². The van der Waals surface area contributed by atoms with Crippen molar-refractivity contribution in [2.75, 3.05) is 6.61 Å². The van der Waals surface area contributed by atoms with E-state index < -0.39 is 0 Å². The van der Waals surface area contributed by atoms with Gasteiger partial charge in [-0.15, -0.1) is 0 Å². The van der Waals surface area contributed by atoms with Crippen LogP contribution in [0.1, 0.15) is 17.5 Å². The van der Waals surface area contributed by atoms with Crippen LogP contribution in [0, 0.1) is 12.7 Å². The lowest BCUT2D eigenvalue weighted by atomic mass is 10.0. The van der Waals surface area contributed by atoms with E-state index in [2.05, 4.69) is 0 Å². The van der Waals surface area contributed by atoms with Gasteiger partial charge in [-0.05, 0) is 43.0 Å². The quantitative estimate of drug-likeness (QED) is 0.869. The van der Waals surface area contributed by atoms with Crippen molar-refractivity contribution in [3.63, 3.8) is 0 Å². The molecule has 0 radical (unpaired) electrons. The molecular weight excluding hydrogens is 227 g/mol. The summed E-state index contributed by atoms with van der Waals surface area (Å²) in [6, 6.07) is 13.0. The molecule has 0 aliphatic rings. The molecule has 0 atom stereocenters. The van der Waals surface area contributed by atoms with Crippen LogP contribution >= 0.6 is 0 Å². The summed E-state index contributed by atoms with van der Waals surface area (Å²) in [5.74, 6) is -0.191. The van der Waals surface area contributed by atoms with Crippen molar-refractivity contribution in [2.24, 2.45) is 0 Å². The zero-order valence-electron chi connectivity index (χ0n) is 10.5. The number of halogens is 1. The Bertz CT molecular complexity index is 517. The molecule has 0 unspecified atom stereocenters. The van der Waals surface area contributed by atoms with Gasteiger partial charge in [0, 0.05) is 12.2 Å². The summed E-state index contributed by atoms with van der Waals surface area (Å²) >= 11 is 0. The van der Waals surface area contributed by atoms with Gasteiger partial charge in [-0.2, -0.15) is 0 Å². The molecule has 2 aromatic carbocycles. The maximum absolute atomic E-state index is 13.7. The van der Waals surface area contributed by atoms with Crippen molar-refractivity contribution in [1.29, 1.82) is 0 Å². The van der Waals surface area contributed by atoms with Gasteiger partial charge in [-0.25, -0.2) is 4.39 Å². The number of hydrogen-bond acceptors (Lipinski definition) is 1. The van der Waals surface area contributed by atoms with Gasteiger partial charge in [0.2, 0.25) is 0 Å². The van der Waals surface area contributed by atoms with E-state index in [1.165, 1.54) is 11.6 Å². The minimum absolute atomic E-state index is 0.191. The summed E-state index contributed by atoms with van der Waals surface area (Å²) in [5, 5.41) is 8.78. The van der Waals surface area contributed by atoms with Gasteiger partial charge in [0.25, 0.3) is 0 Å². The molecule has 94 valence electrons. The standard InChI is InChI=1S/C16H17FO/c1-12-4-9-16(17)15(11-12)14-7-5-13(6-8-14)3-2-10-18/h4-9,11,18H,2-3,10H2,1H3. The first-order valence-electron chi connectivity index (χ1n) is 6.17. The molecule has 2 rings (SSSR count). The van der Waals surface area contributed by atoms with Crippen LogP contribution in [-0.4, -0.2) is 11.7 Å². The Morgan fingerprint density at radius 1 is 1.06 bits per heavy atom. The van der Waals surface area contributed by atoms with Gasteiger partial charge < -0.3 is 5.11 Å². The van der Waals surface area contributed by atoms with Crippen LogP contribution < -0.4 is 0 Å². The summed E-state index contributed by atoms with van der Waals surface area (Å²) in [7, 11) is 0. The molecule has 0 saturated heterocycles. The van der Waals surface area contributed by atoms with Crippen molar-refractivity contribution < 1.29 is 9.50 Å². The average Bonchev–Trinajstić information content (AvgIpc) is 2.40. The number of rotatable bonds is 4. The highest BCUT2D eigenvalue weighted by Gasteiger charge is 2.05. The lowest BCUT2D eigenvalue weighted by Crippen LogP contribution is -1.90. The van der Waals surface area contributed by atoms with Crippen molar-refractivity contribution in [3.05, 3.63) is 59.4 Å². The Morgan fingerprint density at radius 3 is 2.44 bits per heavy atom. The third-order valence-corrected chi connectivity index (χ3v) is 3.01. The SMILES string of the molecule is Cc1ccc(F)c(-c2ccc(CCCO)cc2)c1. The van der Waals surface area contributed by atoms with Crippen molar-refractivity contribution in [3.8, 4) is 11.1 Å². The monoisotopic (exact) mass is 244 g/mol. The van der Waals surface area contributed by atoms with Gasteiger partial charge >= 0.3 is 0 Å². The predicted molar refractivity (Wildman–Crippen MR) is 72.0 cm³/mol. The fraction of sp³-hybridized carbons (Fsp3) is 0.250. The molecular formula is C16H17FO. The van der Waals surface area contributed by atoms with Crippen molar-refractivity contribution in [2.45, 2.75) is 19.8 Å². The number of aliphatic hydroxyl groups is 1. The highest BCUT2D eigenvalue weighted by Crippen LogP contribution is 2.24. The maximum atomic E-state index is 13.7. The highest BCUT2D eigenvalue weighted by molar-refractivity contribution is 5.65. The molecule has 0 spiro atoms. The zero-order chi connectivity index (χ0) is 13.0. The molecule has 0 aliphatic carbocycles. The van der Waals surface area contributed by atoms with Crippen LogP contribution in [0.4, 0.5) is 4.39 Å². The molecule has 18 heavy (non-hydrogen) atoms. The molecule has 0 amide bonds. The molecule has 2 heteroatoms. The van der Waals surface area contributed by atoms with Gasteiger partial charge in [-0.1, -0.05) is 35.9 Å². The van der Waals surface area contributed by atoms with Crippen LogP contribution in [0.15, 0.2) is 42.5 Å². The fourth-order valence-electron chi connectivity index (χ4n) is 1.99. The van der Waals surface area contributed by atoms with Crippen molar-refractivity contribution in [1.82, 2.24) is 0 Å². The Morgan fingerprint density at radius 2 is 1.78 bits per heavy atom. The second-order valence-corrected chi connectivity index (χ2v) is 4.51. The van der Waals surface area contributed by atoms with E-state index in [0.717, 1.165) is 24.0 Å². The molecule has 0 fully saturated rings. The van der Waals surface area contributed by atoms with E-state index in [1.807, 2.05) is 37.3 Å². The summed E-state index contributed by atoms with van der Waals surface area (Å²) in [5.41, 5.74) is 3.75. The third-order valence-electron chi connectivity index (χ3n) is 3.01. The topological polar surface area (TPSA) is 20.2 Å². The number of aryl methyl sites for hydroxylation is 2. The number of benzene rings is 2. The van der Waals surface area contributed by atoms with E-state index in [4.69, 9.17) is 5.11 Å². The van der Waals surface area contributed by atoms with Gasteiger partial charge in [0.1, 0.15) is 5.82 Å². The minimum Gasteiger partial charge on any atom is -0.396 e. The van der Waals surface area contributed by atoms with Crippen LogP contribution in [0.2, 0.25) is 0 Å². The fourth-order valence-corrected chi connectivity index (χ4v) is 1.99. The van der Waals surface area contributed by atoms with Gasteiger partial charge in [0.15, 0.2) is 0 Å². The van der Waals surface area contributed by atoms with Crippen LogP contribution in [0.5, 0.6) is 0 Å². The van der Waals surface area contributed by atoms with E-state index in [9.17, 15) is 4.39 Å². The van der Waals surface area contributed by atoms with Crippen LogP contribution in [-0.2, 0) is 6.42 Å². The highest BCUT2D eigenvalue weighted by atomic mass is 19.1. The lowest BCUT2D eigenvalue weighted by Gasteiger charge is -2.06. The minimum atomic E-state index is -0.191. The normalized spacial score (nSPS) is 10.6. The maximum Gasteiger partial charge on any atom is 0.131 e.